The summed E-state index contributed by atoms with van der Waals surface area (Å²) in [4.78, 5) is 4.60. The van der Waals surface area contributed by atoms with Crippen molar-refractivity contribution in [1.29, 1.82) is 0 Å². The number of methoxy groups -OCH3 is 2. The lowest BCUT2D eigenvalue weighted by atomic mass is 10.1. The van der Waals surface area contributed by atoms with E-state index in [1.54, 1.807) is 25.6 Å². The second-order valence-corrected chi connectivity index (χ2v) is 5.37. The number of nitrogens with one attached hydrogen (secondary N) is 1. The summed E-state index contributed by atoms with van der Waals surface area (Å²) < 4.78 is 10.4. The third-order valence-corrected chi connectivity index (χ3v) is 3.99. The van der Waals surface area contributed by atoms with E-state index in [-0.39, 0.29) is 6.04 Å². The summed E-state index contributed by atoms with van der Waals surface area (Å²) in [6, 6.07) is 8.15. The van der Waals surface area contributed by atoms with Gasteiger partial charge in [-0.2, -0.15) is 0 Å². The Balaban J connectivity index is 2.24. The van der Waals surface area contributed by atoms with Crippen molar-refractivity contribution in [2.24, 2.45) is 0 Å². The zero-order valence-corrected chi connectivity index (χ0v) is 12.9. The first kappa shape index (κ1) is 15.0. The lowest BCUT2D eigenvalue weighted by Crippen LogP contribution is -2.26. The third kappa shape index (κ3) is 3.79. The van der Waals surface area contributed by atoms with Gasteiger partial charge in [0.15, 0.2) is 0 Å². The SMILES string of the molecule is COCCNC(c1cccc(OC)c1)c1nc(C)cs1. The Bertz CT molecular complexity index is 542. The van der Waals surface area contributed by atoms with Crippen LogP contribution in [-0.2, 0) is 4.74 Å². The van der Waals surface area contributed by atoms with Gasteiger partial charge in [-0.1, -0.05) is 12.1 Å². The Morgan fingerprint density at radius 3 is 2.85 bits per heavy atom. The van der Waals surface area contributed by atoms with E-state index in [9.17, 15) is 0 Å². The highest BCUT2D eigenvalue weighted by molar-refractivity contribution is 7.09. The number of ether oxygens (including phenoxy) is 2. The van der Waals surface area contributed by atoms with Crippen LogP contribution in [0, 0.1) is 6.92 Å². The van der Waals surface area contributed by atoms with E-state index in [1.807, 2.05) is 25.1 Å². The molecule has 1 unspecified atom stereocenters. The van der Waals surface area contributed by atoms with Crippen LogP contribution >= 0.6 is 11.3 Å². The maximum atomic E-state index is 5.30. The van der Waals surface area contributed by atoms with Gasteiger partial charge >= 0.3 is 0 Å². The predicted molar refractivity (Wildman–Crippen MR) is 81.6 cm³/mol. The van der Waals surface area contributed by atoms with Gasteiger partial charge in [-0.3, -0.25) is 0 Å². The van der Waals surface area contributed by atoms with E-state index < -0.39 is 0 Å². The summed E-state index contributed by atoms with van der Waals surface area (Å²) in [7, 11) is 3.38. The maximum absolute atomic E-state index is 5.30. The van der Waals surface area contributed by atoms with Crippen molar-refractivity contribution >= 4 is 11.3 Å². The van der Waals surface area contributed by atoms with Crippen molar-refractivity contribution in [3.8, 4) is 5.75 Å². The van der Waals surface area contributed by atoms with Crippen LogP contribution in [0.25, 0.3) is 0 Å². The molecule has 0 saturated carbocycles. The molecular weight excluding hydrogens is 272 g/mol. The van der Waals surface area contributed by atoms with Gasteiger partial charge in [0.25, 0.3) is 0 Å². The second kappa shape index (κ2) is 7.38. The number of thiazole rings is 1. The lowest BCUT2D eigenvalue weighted by molar-refractivity contribution is 0.197. The van der Waals surface area contributed by atoms with Crippen LogP contribution in [0.2, 0.25) is 0 Å². The normalized spacial score (nSPS) is 12.3. The standard InChI is InChI=1S/C15H20N2O2S/c1-11-10-20-15(17-11)14(16-7-8-18-2)12-5-4-6-13(9-12)19-3/h4-6,9-10,14,16H,7-8H2,1-3H3. The molecule has 2 rings (SSSR count). The van der Waals surface area contributed by atoms with E-state index in [4.69, 9.17) is 9.47 Å². The van der Waals surface area contributed by atoms with Crippen molar-refractivity contribution in [3.63, 3.8) is 0 Å². The summed E-state index contributed by atoms with van der Waals surface area (Å²) in [6.45, 7) is 3.46. The summed E-state index contributed by atoms with van der Waals surface area (Å²) in [5.41, 5.74) is 2.20. The molecule has 0 aliphatic carbocycles. The van der Waals surface area contributed by atoms with Crippen molar-refractivity contribution < 1.29 is 9.47 Å². The summed E-state index contributed by atoms with van der Waals surface area (Å²) in [6.07, 6.45) is 0. The van der Waals surface area contributed by atoms with Crippen LogP contribution in [0.5, 0.6) is 5.75 Å². The van der Waals surface area contributed by atoms with Crippen molar-refractivity contribution in [2.45, 2.75) is 13.0 Å². The van der Waals surface area contributed by atoms with E-state index in [0.29, 0.717) is 6.61 Å². The van der Waals surface area contributed by atoms with Crippen LogP contribution in [-0.4, -0.2) is 32.4 Å². The molecule has 1 heterocycles. The van der Waals surface area contributed by atoms with Crippen molar-refractivity contribution in [1.82, 2.24) is 10.3 Å². The van der Waals surface area contributed by atoms with Crippen LogP contribution in [0.15, 0.2) is 29.6 Å². The van der Waals surface area contributed by atoms with Crippen LogP contribution in [0.3, 0.4) is 0 Å². The van der Waals surface area contributed by atoms with Gasteiger partial charge in [-0.05, 0) is 24.6 Å². The summed E-state index contributed by atoms with van der Waals surface area (Å²) in [5.74, 6) is 0.856. The first-order valence-electron chi connectivity index (χ1n) is 6.53. The molecule has 0 spiro atoms. The number of benzene rings is 1. The maximum Gasteiger partial charge on any atom is 0.119 e. The average molecular weight is 292 g/mol. The Morgan fingerprint density at radius 1 is 1.35 bits per heavy atom. The highest BCUT2D eigenvalue weighted by Crippen LogP contribution is 2.27. The summed E-state index contributed by atoms with van der Waals surface area (Å²) in [5, 5.41) is 6.62. The molecule has 1 atom stereocenters. The monoisotopic (exact) mass is 292 g/mol. The Labute approximate surface area is 123 Å². The van der Waals surface area contributed by atoms with Gasteiger partial charge in [0.2, 0.25) is 0 Å². The van der Waals surface area contributed by atoms with Gasteiger partial charge in [0.1, 0.15) is 10.8 Å². The quantitative estimate of drug-likeness (QED) is 0.797. The van der Waals surface area contributed by atoms with Gasteiger partial charge < -0.3 is 14.8 Å². The first-order chi connectivity index (χ1) is 9.74. The number of aromatic nitrogens is 1. The summed E-state index contributed by atoms with van der Waals surface area (Å²) >= 11 is 1.67. The predicted octanol–water partition coefficient (Wildman–Crippen LogP) is 2.79. The largest absolute Gasteiger partial charge is 0.497 e. The average Bonchev–Trinajstić information content (AvgIpc) is 2.90. The van der Waals surface area contributed by atoms with Gasteiger partial charge in [0, 0.05) is 24.7 Å². The number of aryl methyl sites for hydroxylation is 1. The molecule has 5 heteroatoms. The molecule has 1 N–H and O–H groups in total. The van der Waals surface area contributed by atoms with Crippen molar-refractivity contribution in [3.05, 3.63) is 45.9 Å². The molecule has 0 saturated heterocycles. The number of nitrogens with zero attached hydrogens (tertiary/aromatic N) is 1. The highest BCUT2D eigenvalue weighted by atomic mass is 32.1. The van der Waals surface area contributed by atoms with Crippen molar-refractivity contribution in [2.75, 3.05) is 27.4 Å². The minimum absolute atomic E-state index is 0.0685. The molecule has 0 aliphatic heterocycles. The van der Waals surface area contributed by atoms with E-state index in [0.717, 1.165) is 28.6 Å². The Hall–Kier alpha value is -1.43. The fourth-order valence-corrected chi connectivity index (χ4v) is 2.88. The van der Waals surface area contributed by atoms with E-state index in [1.165, 1.54) is 0 Å². The molecule has 0 amide bonds. The van der Waals surface area contributed by atoms with Crippen LogP contribution < -0.4 is 10.1 Å². The lowest BCUT2D eigenvalue weighted by Gasteiger charge is -2.17. The molecule has 20 heavy (non-hydrogen) atoms. The molecule has 1 aromatic carbocycles. The second-order valence-electron chi connectivity index (χ2n) is 4.48. The minimum atomic E-state index is 0.0685. The molecule has 0 aliphatic rings. The molecule has 1 aromatic heterocycles. The van der Waals surface area contributed by atoms with Crippen LogP contribution in [0.4, 0.5) is 0 Å². The Kier molecular flexibility index (Phi) is 5.52. The highest BCUT2D eigenvalue weighted by Gasteiger charge is 2.17. The first-order valence-corrected chi connectivity index (χ1v) is 7.41. The van der Waals surface area contributed by atoms with E-state index in [2.05, 4.69) is 21.7 Å². The zero-order chi connectivity index (χ0) is 14.4. The van der Waals surface area contributed by atoms with Crippen LogP contribution in [0.1, 0.15) is 22.3 Å². The van der Waals surface area contributed by atoms with E-state index >= 15 is 0 Å². The van der Waals surface area contributed by atoms with Gasteiger partial charge in [0.05, 0.1) is 19.8 Å². The molecule has 108 valence electrons. The third-order valence-electron chi connectivity index (χ3n) is 2.97. The smallest absolute Gasteiger partial charge is 0.119 e. The molecule has 0 bridgehead atoms. The number of hydrogen-bond donors (Lipinski definition) is 1. The zero-order valence-electron chi connectivity index (χ0n) is 12.1. The minimum Gasteiger partial charge on any atom is -0.497 e. The molecular formula is C15H20N2O2S. The Morgan fingerprint density at radius 2 is 2.20 bits per heavy atom. The molecule has 2 aromatic rings. The van der Waals surface area contributed by atoms with Gasteiger partial charge in [-0.25, -0.2) is 4.98 Å². The number of hydrogen-bond acceptors (Lipinski definition) is 5. The fraction of sp³-hybridized carbons (Fsp3) is 0.400. The molecule has 0 radical (unpaired) electrons. The number of rotatable bonds is 7. The fourth-order valence-electron chi connectivity index (χ4n) is 1.98. The molecule has 4 nitrogen and oxygen atoms in total. The van der Waals surface area contributed by atoms with Gasteiger partial charge in [-0.15, -0.1) is 11.3 Å². The topological polar surface area (TPSA) is 43.4 Å². The molecule has 0 fully saturated rings.